The van der Waals surface area contributed by atoms with E-state index in [-0.39, 0.29) is 10.7 Å². The maximum absolute atomic E-state index is 13.1. The molecule has 0 radical (unpaired) electrons. The van der Waals surface area contributed by atoms with Crippen molar-refractivity contribution in [1.29, 1.82) is 0 Å². The molecule has 20 heavy (non-hydrogen) atoms. The van der Waals surface area contributed by atoms with Gasteiger partial charge >= 0.3 is 0 Å². The number of nitrogens with one attached hydrogen (secondary N) is 1. The van der Waals surface area contributed by atoms with Crippen molar-refractivity contribution < 1.29 is 9.18 Å². The van der Waals surface area contributed by atoms with Crippen LogP contribution in [0.3, 0.4) is 0 Å². The highest BCUT2D eigenvalue weighted by molar-refractivity contribution is 7.16. The van der Waals surface area contributed by atoms with Crippen LogP contribution < -0.4 is 5.32 Å². The molecular formula is C13H7ClFN3OS. The molecule has 0 saturated heterocycles. The third-order valence-corrected chi connectivity index (χ3v) is 3.75. The first-order valence-corrected chi connectivity index (χ1v) is 6.85. The molecule has 0 unspecified atom stereocenters. The number of carbonyl (C=O) groups is 1. The van der Waals surface area contributed by atoms with Crippen molar-refractivity contribution in [3.8, 4) is 0 Å². The van der Waals surface area contributed by atoms with E-state index in [1.807, 2.05) is 6.07 Å². The number of pyridine rings is 1. The number of amides is 1. The fourth-order valence-electron chi connectivity index (χ4n) is 1.72. The second kappa shape index (κ2) is 5.15. The Morgan fingerprint density at radius 2 is 2.15 bits per heavy atom. The number of aromatic nitrogens is 2. The summed E-state index contributed by atoms with van der Waals surface area (Å²) in [4.78, 5) is 19.8. The molecule has 2 aromatic heterocycles. The molecule has 0 aliphatic carbocycles. The van der Waals surface area contributed by atoms with Gasteiger partial charge in [-0.1, -0.05) is 11.6 Å². The molecule has 1 amide bonds. The van der Waals surface area contributed by atoms with Crippen LogP contribution in [0, 0.1) is 5.82 Å². The number of fused-ring (bicyclic) bond motifs is 1. The van der Waals surface area contributed by atoms with Crippen LogP contribution >= 0.6 is 22.9 Å². The minimum atomic E-state index is -0.616. The number of nitrogens with zero attached hydrogens (tertiary/aromatic N) is 2. The van der Waals surface area contributed by atoms with E-state index in [1.54, 1.807) is 17.6 Å². The van der Waals surface area contributed by atoms with Crippen molar-refractivity contribution in [3.05, 3.63) is 52.5 Å². The highest BCUT2D eigenvalue weighted by atomic mass is 35.5. The number of hydrogen-bond donors (Lipinski definition) is 1. The zero-order valence-corrected chi connectivity index (χ0v) is 11.5. The normalized spacial score (nSPS) is 10.7. The van der Waals surface area contributed by atoms with E-state index in [4.69, 9.17) is 11.6 Å². The Bertz CT molecular complexity index is 805. The predicted octanol–water partition coefficient (Wildman–Crippen LogP) is 3.74. The van der Waals surface area contributed by atoms with Crippen molar-refractivity contribution in [2.45, 2.75) is 0 Å². The van der Waals surface area contributed by atoms with Crippen molar-refractivity contribution in [2.24, 2.45) is 0 Å². The predicted molar refractivity (Wildman–Crippen MR) is 76.8 cm³/mol. The van der Waals surface area contributed by atoms with E-state index in [9.17, 15) is 9.18 Å². The van der Waals surface area contributed by atoms with Gasteiger partial charge < -0.3 is 5.32 Å². The van der Waals surface area contributed by atoms with Crippen molar-refractivity contribution in [1.82, 2.24) is 9.97 Å². The average Bonchev–Trinajstić information content (AvgIpc) is 2.89. The smallest absolute Gasteiger partial charge is 0.258 e. The summed E-state index contributed by atoms with van der Waals surface area (Å²) in [6, 6.07) is 6.39. The molecule has 0 fully saturated rings. The maximum Gasteiger partial charge on any atom is 0.258 e. The molecule has 7 heteroatoms. The second-order valence-corrected chi connectivity index (χ2v) is 5.23. The number of halogens is 2. The Labute approximate surface area is 122 Å². The average molecular weight is 308 g/mol. The summed E-state index contributed by atoms with van der Waals surface area (Å²) in [5.74, 6) is -1.13. The summed E-state index contributed by atoms with van der Waals surface area (Å²) in [7, 11) is 0. The molecule has 3 aromatic rings. The Morgan fingerprint density at radius 1 is 1.30 bits per heavy atom. The fourth-order valence-corrected chi connectivity index (χ4v) is 2.56. The first-order chi connectivity index (χ1) is 9.63. The largest absolute Gasteiger partial charge is 0.322 e. The Balaban J connectivity index is 1.89. The summed E-state index contributed by atoms with van der Waals surface area (Å²) < 4.78 is 14.1. The number of benzene rings is 1. The first-order valence-electron chi connectivity index (χ1n) is 5.59. The standard InChI is InChI=1S/C13H7ClFN3OS/c14-12-9(3-7(15)5-16-12)13(19)18-8-1-2-11-10(4-8)17-6-20-11/h1-6H,(H,18,19). The van der Waals surface area contributed by atoms with Gasteiger partial charge in [0.1, 0.15) is 11.0 Å². The van der Waals surface area contributed by atoms with Crippen LogP contribution in [0.2, 0.25) is 5.15 Å². The highest BCUT2D eigenvalue weighted by Crippen LogP contribution is 2.22. The summed E-state index contributed by atoms with van der Waals surface area (Å²) in [5.41, 5.74) is 3.07. The Morgan fingerprint density at radius 3 is 3.00 bits per heavy atom. The van der Waals surface area contributed by atoms with Crippen molar-refractivity contribution in [2.75, 3.05) is 5.32 Å². The van der Waals surface area contributed by atoms with E-state index in [0.29, 0.717) is 5.69 Å². The summed E-state index contributed by atoms with van der Waals surface area (Å²) in [6.07, 6.45) is 0.959. The first kappa shape index (κ1) is 13.0. The minimum absolute atomic E-state index is 0.00922. The van der Waals surface area contributed by atoms with Crippen LogP contribution in [0.1, 0.15) is 10.4 Å². The van der Waals surface area contributed by atoms with Crippen molar-refractivity contribution in [3.63, 3.8) is 0 Å². The van der Waals surface area contributed by atoms with Gasteiger partial charge in [0.2, 0.25) is 0 Å². The zero-order chi connectivity index (χ0) is 14.1. The summed E-state index contributed by atoms with van der Waals surface area (Å²) >= 11 is 7.30. The van der Waals surface area contributed by atoms with Gasteiger partial charge in [0.25, 0.3) is 5.91 Å². The Hall–Kier alpha value is -2.05. The molecule has 4 nitrogen and oxygen atoms in total. The lowest BCUT2D eigenvalue weighted by Crippen LogP contribution is -2.13. The summed E-state index contributed by atoms with van der Waals surface area (Å²) in [6.45, 7) is 0. The van der Waals surface area contributed by atoms with E-state index in [1.165, 1.54) is 11.3 Å². The second-order valence-electron chi connectivity index (χ2n) is 3.98. The minimum Gasteiger partial charge on any atom is -0.322 e. The lowest BCUT2D eigenvalue weighted by molar-refractivity contribution is 0.102. The number of rotatable bonds is 2. The van der Waals surface area contributed by atoms with Crippen LogP contribution in [0.25, 0.3) is 10.2 Å². The number of anilines is 1. The molecule has 3 rings (SSSR count). The number of thiazole rings is 1. The van der Waals surface area contributed by atoms with Gasteiger partial charge in [-0.25, -0.2) is 14.4 Å². The zero-order valence-electron chi connectivity index (χ0n) is 9.93. The number of carbonyl (C=O) groups excluding carboxylic acids is 1. The highest BCUT2D eigenvalue weighted by Gasteiger charge is 2.13. The van der Waals surface area contributed by atoms with Gasteiger partial charge in [0, 0.05) is 5.69 Å². The molecule has 0 bridgehead atoms. The number of hydrogen-bond acceptors (Lipinski definition) is 4. The SMILES string of the molecule is O=C(Nc1ccc2scnc2c1)c1cc(F)cnc1Cl. The van der Waals surface area contributed by atoms with Crippen LogP contribution in [-0.2, 0) is 0 Å². The third-order valence-electron chi connectivity index (χ3n) is 2.64. The van der Waals surface area contributed by atoms with Crippen LogP contribution in [0.4, 0.5) is 10.1 Å². The van der Waals surface area contributed by atoms with E-state index < -0.39 is 11.7 Å². The van der Waals surface area contributed by atoms with Crippen molar-refractivity contribution >= 4 is 44.7 Å². The third kappa shape index (κ3) is 2.48. The van der Waals surface area contributed by atoms with Crippen LogP contribution in [-0.4, -0.2) is 15.9 Å². The van der Waals surface area contributed by atoms with Gasteiger partial charge in [-0.15, -0.1) is 11.3 Å². The molecule has 0 atom stereocenters. The molecule has 0 spiro atoms. The van der Waals surface area contributed by atoms with E-state index >= 15 is 0 Å². The van der Waals surface area contributed by atoms with Crippen LogP contribution in [0.15, 0.2) is 36.0 Å². The molecule has 100 valence electrons. The fraction of sp³-hybridized carbons (Fsp3) is 0. The van der Waals surface area contributed by atoms with Gasteiger partial charge in [0.05, 0.1) is 27.5 Å². The van der Waals surface area contributed by atoms with Gasteiger partial charge in [-0.2, -0.15) is 0 Å². The van der Waals surface area contributed by atoms with Gasteiger partial charge in [0.15, 0.2) is 0 Å². The summed E-state index contributed by atoms with van der Waals surface area (Å²) in [5, 5.41) is 2.60. The topological polar surface area (TPSA) is 54.9 Å². The molecule has 1 N–H and O–H groups in total. The lowest BCUT2D eigenvalue weighted by Gasteiger charge is -2.06. The molecule has 0 aliphatic heterocycles. The lowest BCUT2D eigenvalue weighted by atomic mass is 10.2. The van der Waals surface area contributed by atoms with Crippen LogP contribution in [0.5, 0.6) is 0 Å². The molecule has 0 aliphatic rings. The van der Waals surface area contributed by atoms with E-state index in [2.05, 4.69) is 15.3 Å². The molecule has 2 heterocycles. The van der Waals surface area contributed by atoms with Gasteiger partial charge in [-0.05, 0) is 24.3 Å². The monoisotopic (exact) mass is 307 g/mol. The molecular weight excluding hydrogens is 301 g/mol. The van der Waals surface area contributed by atoms with E-state index in [0.717, 1.165) is 22.5 Å². The molecule has 0 saturated carbocycles. The molecule has 1 aromatic carbocycles. The Kier molecular flexibility index (Phi) is 3.33. The quantitative estimate of drug-likeness (QED) is 0.734. The van der Waals surface area contributed by atoms with Gasteiger partial charge in [-0.3, -0.25) is 4.79 Å². The maximum atomic E-state index is 13.1.